The summed E-state index contributed by atoms with van der Waals surface area (Å²) in [7, 11) is -3.64. The van der Waals surface area contributed by atoms with E-state index in [1.165, 1.54) is 4.31 Å². The van der Waals surface area contributed by atoms with Crippen molar-refractivity contribution in [2.75, 3.05) is 25.0 Å². The number of amides is 1. The molecule has 1 saturated heterocycles. The summed E-state index contributed by atoms with van der Waals surface area (Å²) in [5, 5.41) is 3.01. The van der Waals surface area contributed by atoms with Crippen molar-refractivity contribution in [2.24, 2.45) is 11.3 Å². The number of ether oxygens (including phenoxy) is 1. The molecular weight excluding hydrogens is 446 g/mol. The van der Waals surface area contributed by atoms with E-state index in [1.807, 2.05) is 32.0 Å². The van der Waals surface area contributed by atoms with E-state index in [4.69, 9.17) is 4.74 Å². The van der Waals surface area contributed by atoms with Crippen LogP contribution in [-0.4, -0.2) is 43.3 Å². The molecule has 2 aromatic carbocycles. The van der Waals surface area contributed by atoms with Crippen molar-refractivity contribution in [2.45, 2.75) is 31.6 Å². The Labute approximate surface area is 191 Å². The third-order valence-electron chi connectivity index (χ3n) is 6.41. The number of carbonyl (C=O) groups is 1. The van der Waals surface area contributed by atoms with Crippen LogP contribution in [0.4, 0.5) is 5.69 Å². The molecule has 1 N–H and O–H groups in total. The molecule has 1 unspecified atom stereocenters. The van der Waals surface area contributed by atoms with E-state index in [1.54, 1.807) is 35.0 Å². The minimum atomic E-state index is -3.64. The van der Waals surface area contributed by atoms with Gasteiger partial charge in [0.15, 0.2) is 0 Å². The molecule has 3 heterocycles. The van der Waals surface area contributed by atoms with Gasteiger partial charge < -0.3 is 10.1 Å². The van der Waals surface area contributed by atoms with Gasteiger partial charge in [-0.25, -0.2) is 13.4 Å². The molecule has 0 radical (unpaired) electrons. The van der Waals surface area contributed by atoms with Crippen LogP contribution in [0.3, 0.4) is 0 Å². The molecule has 1 atom stereocenters. The molecular formula is C23H25N3O4S2. The Bertz CT molecular complexity index is 1300. The predicted octanol–water partition coefficient (Wildman–Crippen LogP) is 3.91. The molecule has 7 nitrogen and oxygen atoms in total. The highest BCUT2D eigenvalue weighted by atomic mass is 32.2. The van der Waals surface area contributed by atoms with Crippen molar-refractivity contribution >= 4 is 43.2 Å². The number of anilines is 1. The lowest BCUT2D eigenvalue weighted by Crippen LogP contribution is -2.51. The van der Waals surface area contributed by atoms with Gasteiger partial charge in [-0.05, 0) is 53.8 Å². The lowest BCUT2D eigenvalue weighted by Gasteiger charge is -2.42. The van der Waals surface area contributed by atoms with E-state index in [2.05, 4.69) is 10.3 Å². The quantitative estimate of drug-likeness (QED) is 0.623. The maximum absolute atomic E-state index is 13.3. The van der Waals surface area contributed by atoms with E-state index >= 15 is 0 Å². The van der Waals surface area contributed by atoms with Gasteiger partial charge in [0.2, 0.25) is 15.9 Å². The molecule has 2 aliphatic rings. The second-order valence-corrected chi connectivity index (χ2v) is 11.9. The Kier molecular flexibility index (Phi) is 5.22. The fourth-order valence-electron chi connectivity index (χ4n) is 4.64. The Morgan fingerprint density at radius 2 is 2.09 bits per heavy atom. The van der Waals surface area contributed by atoms with E-state index < -0.39 is 15.4 Å². The average Bonchev–Trinajstić information content (AvgIpc) is 3.41. The van der Waals surface area contributed by atoms with Crippen molar-refractivity contribution in [1.29, 1.82) is 0 Å². The van der Waals surface area contributed by atoms with Crippen LogP contribution in [-0.2, 0) is 21.2 Å². The summed E-state index contributed by atoms with van der Waals surface area (Å²) in [6, 6.07) is 10.8. The van der Waals surface area contributed by atoms with Crippen molar-refractivity contribution in [3.05, 3.63) is 47.5 Å². The zero-order valence-electron chi connectivity index (χ0n) is 18.0. The Hall–Kier alpha value is -2.49. The Balaban J connectivity index is 1.32. The molecule has 3 aromatic rings. The Morgan fingerprint density at radius 3 is 2.91 bits per heavy atom. The van der Waals surface area contributed by atoms with Gasteiger partial charge in [0.25, 0.3) is 0 Å². The van der Waals surface area contributed by atoms with Crippen LogP contribution >= 0.6 is 11.3 Å². The summed E-state index contributed by atoms with van der Waals surface area (Å²) in [6.07, 6.45) is 1.18. The van der Waals surface area contributed by atoms with Crippen molar-refractivity contribution < 1.29 is 17.9 Å². The molecule has 0 saturated carbocycles. The van der Waals surface area contributed by atoms with E-state index in [9.17, 15) is 13.2 Å². The van der Waals surface area contributed by atoms with Gasteiger partial charge in [0, 0.05) is 31.1 Å². The van der Waals surface area contributed by atoms with Crippen LogP contribution in [0.5, 0.6) is 5.75 Å². The van der Waals surface area contributed by atoms with Gasteiger partial charge >= 0.3 is 0 Å². The standard InChI is InChI=1S/C23H25N3O4S2/c1-23(2)13-26(32(28,29)17-4-5-20-15(11-17)8-10-30-20)9-7-18(23)22(27)25-16-3-6-21-19(12-16)24-14-31-21/h3-6,11-12,14,18H,7-10,13H2,1-2H3,(H,25,27). The SMILES string of the molecule is CC1(C)CN(S(=O)(=O)c2ccc3c(c2)CCO3)CCC1C(=O)Nc1ccc2scnc2c1. The summed E-state index contributed by atoms with van der Waals surface area (Å²) in [5.74, 6) is 0.375. The number of sulfonamides is 1. The minimum absolute atomic E-state index is 0.0868. The molecule has 1 fully saturated rings. The first-order valence-corrected chi connectivity index (χ1v) is 13.0. The van der Waals surface area contributed by atoms with E-state index in [0.29, 0.717) is 25.3 Å². The number of piperidine rings is 1. The van der Waals surface area contributed by atoms with Crippen LogP contribution in [0, 0.1) is 11.3 Å². The van der Waals surface area contributed by atoms with Gasteiger partial charge in [-0.3, -0.25) is 4.79 Å². The van der Waals surface area contributed by atoms with Crippen LogP contribution in [0.15, 0.2) is 46.8 Å². The maximum Gasteiger partial charge on any atom is 0.243 e. The number of thiazole rings is 1. The second-order valence-electron chi connectivity index (χ2n) is 9.06. The zero-order valence-corrected chi connectivity index (χ0v) is 19.6. The number of aromatic nitrogens is 1. The van der Waals surface area contributed by atoms with Gasteiger partial charge in [-0.15, -0.1) is 11.3 Å². The molecule has 5 rings (SSSR count). The monoisotopic (exact) mass is 471 g/mol. The third-order valence-corrected chi connectivity index (χ3v) is 9.06. The van der Waals surface area contributed by atoms with Crippen molar-refractivity contribution in [3.63, 3.8) is 0 Å². The number of carbonyl (C=O) groups excluding carboxylic acids is 1. The predicted molar refractivity (Wildman–Crippen MR) is 125 cm³/mol. The number of nitrogens with one attached hydrogen (secondary N) is 1. The van der Waals surface area contributed by atoms with E-state index in [0.717, 1.165) is 28.0 Å². The van der Waals surface area contributed by atoms with Crippen molar-refractivity contribution in [3.8, 4) is 5.75 Å². The van der Waals surface area contributed by atoms with Gasteiger partial charge in [0.1, 0.15) is 5.75 Å². The second kappa shape index (κ2) is 7.83. The Morgan fingerprint density at radius 1 is 1.25 bits per heavy atom. The minimum Gasteiger partial charge on any atom is -0.493 e. The molecule has 2 aliphatic heterocycles. The lowest BCUT2D eigenvalue weighted by molar-refractivity contribution is -0.125. The summed E-state index contributed by atoms with van der Waals surface area (Å²) >= 11 is 1.56. The molecule has 168 valence electrons. The number of benzene rings is 2. The largest absolute Gasteiger partial charge is 0.493 e. The molecule has 0 spiro atoms. The molecule has 1 aromatic heterocycles. The van der Waals surface area contributed by atoms with Crippen LogP contribution < -0.4 is 10.1 Å². The first-order chi connectivity index (χ1) is 15.2. The number of fused-ring (bicyclic) bond motifs is 2. The van der Waals surface area contributed by atoms with Gasteiger partial charge in [-0.1, -0.05) is 13.8 Å². The number of hydrogen-bond acceptors (Lipinski definition) is 6. The summed E-state index contributed by atoms with van der Waals surface area (Å²) in [5.41, 5.74) is 3.76. The molecule has 0 bridgehead atoms. The fourth-order valence-corrected chi connectivity index (χ4v) is 6.97. The van der Waals surface area contributed by atoms with Crippen molar-refractivity contribution in [1.82, 2.24) is 9.29 Å². The first kappa shape index (κ1) is 21.4. The smallest absolute Gasteiger partial charge is 0.243 e. The number of rotatable bonds is 4. The average molecular weight is 472 g/mol. The lowest BCUT2D eigenvalue weighted by atomic mass is 9.74. The molecule has 0 aliphatic carbocycles. The summed E-state index contributed by atoms with van der Waals surface area (Å²) in [6.45, 7) is 5.09. The zero-order chi connectivity index (χ0) is 22.5. The van der Waals surface area contributed by atoms with E-state index in [-0.39, 0.29) is 23.3 Å². The maximum atomic E-state index is 13.3. The molecule has 9 heteroatoms. The third kappa shape index (κ3) is 3.78. The van der Waals surface area contributed by atoms with Crippen LogP contribution in [0.2, 0.25) is 0 Å². The highest BCUT2D eigenvalue weighted by Gasteiger charge is 2.44. The number of nitrogens with zero attached hydrogens (tertiary/aromatic N) is 2. The summed E-state index contributed by atoms with van der Waals surface area (Å²) in [4.78, 5) is 17.7. The molecule has 1 amide bonds. The highest BCUT2D eigenvalue weighted by Crippen LogP contribution is 2.39. The number of hydrogen-bond donors (Lipinski definition) is 1. The van der Waals surface area contributed by atoms with Crippen LogP contribution in [0.1, 0.15) is 25.8 Å². The normalized spacial score (nSPS) is 20.6. The topological polar surface area (TPSA) is 88.6 Å². The molecule has 32 heavy (non-hydrogen) atoms. The van der Waals surface area contributed by atoms with Crippen LogP contribution in [0.25, 0.3) is 10.2 Å². The van der Waals surface area contributed by atoms with Gasteiger partial charge in [-0.2, -0.15) is 4.31 Å². The highest BCUT2D eigenvalue weighted by molar-refractivity contribution is 7.89. The first-order valence-electron chi connectivity index (χ1n) is 10.6. The summed E-state index contributed by atoms with van der Waals surface area (Å²) < 4.78 is 34.7. The van der Waals surface area contributed by atoms with Gasteiger partial charge in [0.05, 0.1) is 27.2 Å². The fraction of sp³-hybridized carbons (Fsp3) is 0.391.